The van der Waals surface area contributed by atoms with Gasteiger partial charge in [-0.2, -0.15) is 0 Å². The molecule has 1 atom stereocenters. The van der Waals surface area contributed by atoms with Gasteiger partial charge < -0.3 is 78.4 Å². The Morgan fingerprint density at radius 3 is 1.14 bits per heavy atom. The Morgan fingerprint density at radius 1 is 0.363 bits per heavy atom. The molecule has 764 valence electrons. The fraction of sp³-hybridized carbons (Fsp3) is 0.374. The van der Waals surface area contributed by atoms with Crippen molar-refractivity contribution in [1.82, 2.24) is 73.1 Å². The third kappa shape index (κ3) is 24.1. The minimum absolute atomic E-state index is 0.0763. The van der Waals surface area contributed by atoms with Crippen LogP contribution in [0.25, 0.3) is 90.1 Å². The Labute approximate surface area is 850 Å². The van der Waals surface area contributed by atoms with E-state index in [4.69, 9.17) is 67.3 Å². The van der Waals surface area contributed by atoms with Gasteiger partial charge in [0.25, 0.3) is 27.8 Å². The van der Waals surface area contributed by atoms with Crippen molar-refractivity contribution in [3.05, 3.63) is 292 Å². The molecule has 14 heterocycles. The predicted molar refractivity (Wildman–Crippen MR) is 576 cm³/mol. The van der Waals surface area contributed by atoms with E-state index in [1.54, 1.807) is 123 Å². The van der Waals surface area contributed by atoms with Crippen LogP contribution in [0.5, 0.6) is 57.5 Å². The molecule has 15 aromatic rings. The number of hydrogen-bond donors (Lipinski definition) is 4. The smallest absolute Gasteiger partial charge is 0.258 e. The van der Waals surface area contributed by atoms with Gasteiger partial charge in [0.1, 0.15) is 28.2 Å². The molecule has 31 heteroatoms. The molecule has 5 aliphatic rings. The Morgan fingerprint density at radius 2 is 0.760 bits per heavy atom. The highest BCUT2D eigenvalue weighted by Gasteiger charge is 2.28. The van der Waals surface area contributed by atoms with Crippen molar-refractivity contribution in [1.29, 1.82) is 0 Å². The fourth-order valence-electron chi connectivity index (χ4n) is 20.0. The third-order valence-corrected chi connectivity index (χ3v) is 28.5. The number of benzene rings is 5. The van der Waals surface area contributed by atoms with E-state index in [-0.39, 0.29) is 27.8 Å². The van der Waals surface area contributed by atoms with Gasteiger partial charge in [0, 0.05) is 127 Å². The third-order valence-electron chi connectivity index (χ3n) is 28.5. The van der Waals surface area contributed by atoms with E-state index >= 15 is 0 Å². The maximum atomic E-state index is 13.0. The summed E-state index contributed by atoms with van der Waals surface area (Å²) in [5.41, 5.74) is 19.2. The molecule has 1 saturated carbocycles. The van der Waals surface area contributed by atoms with E-state index in [9.17, 15) is 24.0 Å². The van der Waals surface area contributed by atoms with Gasteiger partial charge in [-0.15, -0.1) is 0 Å². The minimum atomic E-state index is -0.0933. The number of anilines is 1. The lowest BCUT2D eigenvalue weighted by molar-refractivity contribution is 0.222. The van der Waals surface area contributed by atoms with Crippen LogP contribution < -0.4 is 101 Å². The number of piperidine rings is 3. The Balaban J connectivity index is 0.000000131. The molecule has 3 saturated heterocycles. The highest BCUT2D eigenvalue weighted by molar-refractivity contribution is 5.74. The first-order chi connectivity index (χ1) is 71.1. The maximum Gasteiger partial charge on any atom is 0.258 e. The fourth-order valence-corrected chi connectivity index (χ4v) is 20.0. The van der Waals surface area contributed by atoms with Gasteiger partial charge >= 0.3 is 0 Å². The molecule has 4 N–H and O–H groups in total. The minimum Gasteiger partial charge on any atom is -0.493 e. The summed E-state index contributed by atoms with van der Waals surface area (Å²) in [6.45, 7) is 18.7. The molecule has 0 bridgehead atoms. The lowest BCUT2D eigenvalue weighted by atomic mass is 9.82. The van der Waals surface area contributed by atoms with Crippen LogP contribution in [-0.4, -0.2) is 208 Å². The predicted octanol–water partition coefficient (Wildman–Crippen LogP) is 17.0. The van der Waals surface area contributed by atoms with Gasteiger partial charge in [0.05, 0.1) is 105 Å². The van der Waals surface area contributed by atoms with Crippen molar-refractivity contribution >= 4 is 39.5 Å². The van der Waals surface area contributed by atoms with E-state index in [0.29, 0.717) is 144 Å². The molecule has 5 aromatic carbocycles. The summed E-state index contributed by atoms with van der Waals surface area (Å²) in [6, 6.07) is 53.3. The zero-order valence-electron chi connectivity index (χ0n) is 86.3. The van der Waals surface area contributed by atoms with Gasteiger partial charge in [0.15, 0.2) is 57.5 Å². The summed E-state index contributed by atoms with van der Waals surface area (Å²) in [7, 11) is 18.0. The van der Waals surface area contributed by atoms with Crippen LogP contribution in [0, 0.1) is 6.92 Å². The molecular formula is C115H134N16O15. The van der Waals surface area contributed by atoms with Crippen LogP contribution in [0.1, 0.15) is 149 Å². The quantitative estimate of drug-likeness (QED) is 0.0391. The van der Waals surface area contributed by atoms with Crippen molar-refractivity contribution in [2.75, 3.05) is 148 Å². The molecule has 1 unspecified atom stereocenters. The summed E-state index contributed by atoms with van der Waals surface area (Å²) in [4.78, 5) is 93.0. The van der Waals surface area contributed by atoms with E-state index in [1.807, 2.05) is 154 Å². The second-order valence-electron chi connectivity index (χ2n) is 37.2. The van der Waals surface area contributed by atoms with Crippen molar-refractivity contribution in [3.8, 4) is 114 Å². The molecule has 0 amide bonds. The van der Waals surface area contributed by atoms with Crippen molar-refractivity contribution in [2.24, 2.45) is 0 Å². The number of aromatic nitrogens is 10. The van der Waals surface area contributed by atoms with E-state index < -0.39 is 0 Å². The molecule has 31 nitrogen and oxygen atoms in total. The number of likely N-dealkylation sites (tertiary alicyclic amines) is 1. The Hall–Kier alpha value is -14.8. The first-order valence-electron chi connectivity index (χ1n) is 50.4. The zero-order chi connectivity index (χ0) is 103. The van der Waals surface area contributed by atoms with Crippen LogP contribution in [-0.2, 0) is 6.42 Å². The maximum absolute atomic E-state index is 13.0. The molecule has 0 radical (unpaired) electrons. The lowest BCUT2D eigenvalue weighted by Gasteiger charge is -2.34. The number of pyridine rings is 5. The second kappa shape index (κ2) is 48.8. The molecule has 20 rings (SSSR count). The van der Waals surface area contributed by atoms with E-state index in [0.717, 1.165) is 186 Å². The van der Waals surface area contributed by atoms with Crippen LogP contribution in [0.3, 0.4) is 0 Å². The van der Waals surface area contributed by atoms with E-state index in [1.165, 1.54) is 35.1 Å². The number of nitrogens with one attached hydrogen (secondary N) is 4. The highest BCUT2D eigenvalue weighted by Crippen LogP contribution is 2.40. The van der Waals surface area contributed by atoms with E-state index in [2.05, 4.69) is 93.2 Å². The molecule has 4 fully saturated rings. The SMILES string of the molecule is CCCNC1CCN(c2cc(C)c3nc(-c4ccc(OC)c(OC)c4)cc(=O)n3c2)CC1.CCN1CCC(c2ccc3nc(-c4ccc(OC)c(OC)c4)cc(=O)n3c2)CC1.CCc1cc(C2=CCNCC2)cn2c(=O)cc(-c3ccc(OC)c(OC)c3)nc12.CNC1CCC(c2ccc3nc(-c4ccc(OC)c(OC)c4)cc(=O)n3c2)CC1.COc1ccc(-c2cc(=O)n3cc(C4CCCNC4)ccc3n2)cc1OC. The lowest BCUT2D eigenvalue weighted by Crippen LogP contribution is -2.43. The number of fused-ring (bicyclic) bond motifs is 5. The van der Waals surface area contributed by atoms with Crippen LogP contribution in [0.15, 0.2) is 231 Å². The summed E-state index contributed by atoms with van der Waals surface area (Å²) in [5, 5.41) is 13.7. The first kappa shape index (κ1) is 104. The average Bonchev–Trinajstić information content (AvgIpc) is 0.783. The average molecular weight is 1980 g/mol. The monoisotopic (exact) mass is 1980 g/mol. The molecule has 4 aliphatic heterocycles. The largest absolute Gasteiger partial charge is 0.493 e. The van der Waals surface area contributed by atoms with Gasteiger partial charge in [-0.1, -0.05) is 45.0 Å². The first-order valence-corrected chi connectivity index (χ1v) is 50.4. The van der Waals surface area contributed by atoms with Gasteiger partial charge in [-0.3, -0.25) is 46.0 Å². The summed E-state index contributed by atoms with van der Waals surface area (Å²) in [6.07, 6.45) is 26.2. The number of aryl methyl sites for hydroxylation is 2. The summed E-state index contributed by atoms with van der Waals surface area (Å²) < 4.78 is 61.7. The van der Waals surface area contributed by atoms with Gasteiger partial charge in [-0.25, -0.2) is 24.9 Å². The molecular weight excluding hydrogens is 1850 g/mol. The van der Waals surface area contributed by atoms with Gasteiger partial charge in [0.2, 0.25) is 0 Å². The standard InChI is InChI=1S/C25H32N4O3.2C23H27N3O3.C23H25N3O3.C21H23N3O3/c1-5-10-26-19-8-11-28(12-9-19)20-13-17(2)25-27-21(15-24(30)29(25)16-20)18-6-7-22(31-3)23(14-18)32-4;1-24-18-8-4-15(5-9-18)17-7-11-22-25-19(13-23(27)26(22)14-17)16-6-10-20(28-2)21(12-16)29-3;1-4-25-11-9-16(10-12-25)18-6-8-22-24-19(14-23(27)26(22)15-18)17-5-7-20(28-2)21(13-17)29-3;1-4-15-11-18(16-7-9-24-10-8-16)14-26-22(27)13-19(25-23(15)26)17-5-6-20(28-2)21(12-17)29-3;1-26-18-7-5-14(10-19(18)27-2)17-11-21(25)24-13-16(6-8-20(24)23-17)15-4-3-9-22-12-15/h6-7,13-16,19,26H,5,8-12H2,1-4H3;6-7,10-15,18,24H,4-5,8-9H2,1-3H3;5-8,13-16H,4,9-12H2,1-3H3;5-7,11-14,24H,4,8-10H2,1-3H3;5-8,10-11,13,15,22H,3-4,9,12H2,1-2H3. The topological polar surface area (TPSA) is 319 Å². The Bertz CT molecular complexity index is 7320. The molecule has 0 spiro atoms. The molecule has 10 aromatic heterocycles. The number of ether oxygens (including phenoxy) is 10. The number of methoxy groups -OCH3 is 10. The van der Waals surface area contributed by atoms with Crippen LogP contribution >= 0.6 is 0 Å². The summed E-state index contributed by atoms with van der Waals surface area (Å²) in [5.74, 6) is 7.71. The van der Waals surface area contributed by atoms with Crippen LogP contribution in [0.2, 0.25) is 0 Å². The van der Waals surface area contributed by atoms with Crippen molar-refractivity contribution in [3.63, 3.8) is 0 Å². The zero-order valence-corrected chi connectivity index (χ0v) is 86.3. The number of rotatable bonds is 26. The highest BCUT2D eigenvalue weighted by atomic mass is 16.5. The summed E-state index contributed by atoms with van der Waals surface area (Å²) >= 11 is 0. The van der Waals surface area contributed by atoms with Gasteiger partial charge in [-0.05, 0) is 315 Å². The van der Waals surface area contributed by atoms with Crippen LogP contribution in [0.4, 0.5) is 5.69 Å². The Kier molecular flexibility index (Phi) is 34.8. The molecule has 1 aliphatic carbocycles. The van der Waals surface area contributed by atoms with Crippen molar-refractivity contribution in [2.45, 2.75) is 141 Å². The number of nitrogens with zero attached hydrogens (tertiary/aromatic N) is 12. The van der Waals surface area contributed by atoms with Crippen molar-refractivity contribution < 1.29 is 47.4 Å². The number of hydrogen-bond acceptors (Lipinski definition) is 26. The normalized spacial score (nSPS) is 16.1. The molecule has 146 heavy (non-hydrogen) atoms. The second-order valence-corrected chi connectivity index (χ2v) is 37.2.